The van der Waals surface area contributed by atoms with Crippen molar-refractivity contribution in [3.05, 3.63) is 12.3 Å². The number of nitrogens with one attached hydrogen (secondary N) is 3. The largest absolute Gasteiger partial charge is 0.481 e. The van der Waals surface area contributed by atoms with Crippen molar-refractivity contribution in [3.63, 3.8) is 0 Å². The summed E-state index contributed by atoms with van der Waals surface area (Å²) in [5.41, 5.74) is 11.4. The molecule has 0 aromatic rings. The first kappa shape index (κ1) is 34.2. The molecule has 0 aliphatic carbocycles. The van der Waals surface area contributed by atoms with Crippen molar-refractivity contribution >= 4 is 21.6 Å². The van der Waals surface area contributed by atoms with Crippen LogP contribution < -0.4 is 27.4 Å². The van der Waals surface area contributed by atoms with Crippen LogP contribution in [-0.2, 0) is 36.8 Å². The van der Waals surface area contributed by atoms with Gasteiger partial charge in [0.1, 0.15) is 42.9 Å². The Morgan fingerprint density at radius 3 is 2.14 bits per heavy atom. The number of nitrogens with two attached hydrogens (primary N) is 2. The number of hydrogen-bond acceptors (Lipinski definition) is 18. The Morgan fingerprint density at radius 2 is 1.52 bits per heavy atom. The van der Waals surface area contributed by atoms with Gasteiger partial charge in [0.15, 0.2) is 6.23 Å². The lowest BCUT2D eigenvalue weighted by Gasteiger charge is -2.38. The van der Waals surface area contributed by atoms with Crippen LogP contribution in [0.1, 0.15) is 6.42 Å². The average Bonchev–Trinajstić information content (AvgIpc) is 3.61. The number of carbonyl (C=O) groups excluding carboxylic acids is 1. The maximum absolute atomic E-state index is 12.5. The smallest absolute Gasteiger partial charge is 0.387 e. The molecule has 0 aromatic heterocycles. The van der Waals surface area contributed by atoms with E-state index >= 15 is 0 Å². The minimum atomic E-state index is -5.32. The molecular formula is C21H39N7O14P2. The zero-order valence-electron chi connectivity index (χ0n) is 23.2. The number of nitrogens with zero attached hydrogens (tertiary/aromatic N) is 2. The number of phosphoric ester groups is 2. The van der Waals surface area contributed by atoms with Gasteiger partial charge >= 0.3 is 15.6 Å². The maximum atomic E-state index is 12.5. The van der Waals surface area contributed by atoms with E-state index in [0.717, 1.165) is 0 Å². The molecule has 5 aliphatic heterocycles. The zero-order valence-corrected chi connectivity index (χ0v) is 25.0. The van der Waals surface area contributed by atoms with Crippen LogP contribution in [0, 0.1) is 5.92 Å². The van der Waals surface area contributed by atoms with Crippen LogP contribution in [0.5, 0.6) is 0 Å². The van der Waals surface area contributed by atoms with Gasteiger partial charge in [-0.05, 0) is 12.6 Å². The van der Waals surface area contributed by atoms with Crippen molar-refractivity contribution in [2.24, 2.45) is 17.4 Å². The lowest BCUT2D eigenvalue weighted by molar-refractivity contribution is -0.125. The van der Waals surface area contributed by atoms with Crippen LogP contribution in [0.3, 0.4) is 0 Å². The molecule has 44 heavy (non-hydrogen) atoms. The van der Waals surface area contributed by atoms with Gasteiger partial charge in [-0.1, -0.05) is 6.08 Å². The van der Waals surface area contributed by atoms with E-state index in [-0.39, 0.29) is 31.6 Å². The first-order chi connectivity index (χ1) is 20.7. The van der Waals surface area contributed by atoms with Gasteiger partial charge in [-0.3, -0.25) is 29.8 Å². The summed E-state index contributed by atoms with van der Waals surface area (Å²) in [6, 6.07) is -0.238. The first-order valence-corrected chi connectivity index (χ1v) is 16.8. The molecule has 0 spiro atoms. The normalized spacial score (nSPS) is 43.9. The zero-order chi connectivity index (χ0) is 32.0. The lowest BCUT2D eigenvalue weighted by atomic mass is 10.0. The van der Waals surface area contributed by atoms with E-state index in [0.29, 0.717) is 13.1 Å². The van der Waals surface area contributed by atoms with Crippen molar-refractivity contribution in [1.82, 2.24) is 25.8 Å². The second-order valence-electron chi connectivity index (χ2n) is 11.1. The van der Waals surface area contributed by atoms with Gasteiger partial charge in [0.2, 0.25) is 5.91 Å². The predicted octanol–water partition coefficient (Wildman–Crippen LogP) is -5.56. The van der Waals surface area contributed by atoms with Crippen LogP contribution in [0.15, 0.2) is 12.3 Å². The van der Waals surface area contributed by atoms with Gasteiger partial charge in [-0.2, -0.15) is 4.31 Å². The van der Waals surface area contributed by atoms with Crippen LogP contribution in [0.2, 0.25) is 0 Å². The highest BCUT2D eigenvalue weighted by Crippen LogP contribution is 2.60. The van der Waals surface area contributed by atoms with Crippen molar-refractivity contribution in [3.8, 4) is 0 Å². The second kappa shape index (κ2) is 13.5. The number of primary amides is 1. The Balaban J connectivity index is 1.10. The van der Waals surface area contributed by atoms with Gasteiger partial charge in [-0.25, -0.2) is 14.0 Å². The number of rotatable bonds is 11. The number of phosphoric acid groups is 2. The number of hydrogen-bond donors (Lipinski definition) is 11. The van der Waals surface area contributed by atoms with Crippen LogP contribution in [-0.4, -0.2) is 146 Å². The number of amides is 1. The van der Waals surface area contributed by atoms with Crippen molar-refractivity contribution in [2.75, 3.05) is 33.1 Å². The number of fused-ring (bicyclic) bond motifs is 1. The molecule has 5 heterocycles. The Bertz CT molecular complexity index is 1170. The number of ether oxygens (including phenoxy) is 2. The number of aliphatic hydroxyl groups excluding tert-OH is 4. The number of allylic oxidation sites excluding steroid dienone is 1. The molecule has 252 valence electrons. The number of carbonyl (C=O) groups is 1. The Morgan fingerprint density at radius 1 is 0.932 bits per heavy atom. The van der Waals surface area contributed by atoms with Crippen LogP contribution in [0.4, 0.5) is 0 Å². The standard InChI is InChI=1S/C21H39N7O14P2/c22-17-12-19(25-7-24-17)28(8-26-12)21-16(32)14(30)11(41-21)6-39-44(36,37)42-43(34,35)38-5-10-13(29)15(31)20(40-10)27-3-1-2-9(4-27)18(23)33/h1,3,9-17,19-21,24-26,29-32H,2,4-8,22H2,(H2,23,33)(H,34,35)(H,36,37)/t9-,10+,11+,12-,13+,14+,15+,16+,17+,19-,20+,21+/m0/s1. The van der Waals surface area contributed by atoms with Gasteiger partial charge in [0.05, 0.1) is 44.2 Å². The van der Waals surface area contributed by atoms with Crippen LogP contribution in [0.25, 0.3) is 0 Å². The fourth-order valence-electron chi connectivity index (χ4n) is 5.79. The Kier molecular flexibility index (Phi) is 10.5. The van der Waals surface area contributed by atoms with E-state index in [1.807, 2.05) is 0 Å². The summed E-state index contributed by atoms with van der Waals surface area (Å²) in [6.07, 6.45) is -8.18. The highest BCUT2D eigenvalue weighted by molar-refractivity contribution is 7.61. The molecule has 14 atom stereocenters. The SMILES string of the molecule is NC(=O)[C@H]1CC=CN([C@@H]2O[C@H](COP(=O)(O)OP(=O)(O)OC[C@H]3O[C@@H](N4CN[C@H]5[C@H](N)NCN[C@H]54)[C@H](O)[C@@H]3O)[C@@H](O)[C@H]2O)C1. The monoisotopic (exact) mass is 675 g/mol. The summed E-state index contributed by atoms with van der Waals surface area (Å²) in [6.45, 7) is -0.952. The van der Waals surface area contributed by atoms with Crippen molar-refractivity contribution in [2.45, 2.75) is 73.9 Å². The quantitative estimate of drug-likeness (QED) is 0.0910. The molecule has 1 amide bonds. The molecule has 13 N–H and O–H groups in total. The Hall–Kier alpha value is -1.17. The first-order valence-electron chi connectivity index (χ1n) is 13.8. The van der Waals surface area contributed by atoms with Crippen LogP contribution >= 0.6 is 15.6 Å². The molecule has 0 saturated carbocycles. The van der Waals surface area contributed by atoms with E-state index < -0.39 is 89.8 Å². The fraction of sp³-hybridized carbons (Fsp3) is 0.857. The summed E-state index contributed by atoms with van der Waals surface area (Å²) < 4.78 is 50.0. The molecule has 4 saturated heterocycles. The third kappa shape index (κ3) is 7.36. The topological polar surface area (TPSA) is 313 Å². The third-order valence-corrected chi connectivity index (χ3v) is 10.7. The van der Waals surface area contributed by atoms with E-state index in [9.17, 15) is 44.1 Å². The highest BCUT2D eigenvalue weighted by Gasteiger charge is 2.52. The average molecular weight is 676 g/mol. The number of aliphatic hydroxyl groups is 4. The minimum Gasteiger partial charge on any atom is -0.387 e. The van der Waals surface area contributed by atoms with Gasteiger partial charge in [0.25, 0.3) is 0 Å². The molecule has 0 radical (unpaired) electrons. The van der Waals surface area contributed by atoms with E-state index in [1.165, 1.54) is 4.90 Å². The molecular weight excluding hydrogens is 636 g/mol. The minimum absolute atomic E-state index is 0.0935. The summed E-state index contributed by atoms with van der Waals surface area (Å²) in [4.78, 5) is 34.8. The fourth-order valence-corrected chi connectivity index (χ4v) is 7.88. The summed E-state index contributed by atoms with van der Waals surface area (Å²) in [7, 11) is -10.6. The summed E-state index contributed by atoms with van der Waals surface area (Å²) >= 11 is 0. The van der Waals surface area contributed by atoms with E-state index in [1.54, 1.807) is 17.2 Å². The van der Waals surface area contributed by atoms with Gasteiger partial charge in [0, 0.05) is 13.2 Å². The van der Waals surface area contributed by atoms with E-state index in [4.69, 9.17) is 30.0 Å². The second-order valence-corrected chi connectivity index (χ2v) is 14.1. The van der Waals surface area contributed by atoms with E-state index in [2.05, 4.69) is 20.3 Å². The lowest BCUT2D eigenvalue weighted by Crippen LogP contribution is -2.68. The molecule has 5 rings (SSSR count). The highest BCUT2D eigenvalue weighted by atomic mass is 31.3. The molecule has 21 nitrogen and oxygen atoms in total. The molecule has 2 unspecified atom stereocenters. The van der Waals surface area contributed by atoms with Gasteiger partial charge in [-0.15, -0.1) is 0 Å². The van der Waals surface area contributed by atoms with Crippen molar-refractivity contribution < 1.29 is 67.0 Å². The summed E-state index contributed by atoms with van der Waals surface area (Å²) in [5, 5.41) is 51.2. The Labute approximate surface area is 251 Å². The maximum Gasteiger partial charge on any atom is 0.481 e. The van der Waals surface area contributed by atoms with Crippen molar-refractivity contribution in [1.29, 1.82) is 0 Å². The third-order valence-electron chi connectivity index (χ3n) is 8.13. The predicted molar refractivity (Wildman–Crippen MR) is 144 cm³/mol. The molecule has 0 bridgehead atoms. The molecule has 4 fully saturated rings. The molecule has 0 aromatic carbocycles. The summed E-state index contributed by atoms with van der Waals surface area (Å²) in [5.74, 6) is -1.12. The van der Waals surface area contributed by atoms with Gasteiger partial charge < -0.3 is 56.1 Å². The molecule has 23 heteroatoms. The molecule has 5 aliphatic rings.